The quantitative estimate of drug-likeness (QED) is 0.729. The molecule has 0 atom stereocenters. The molecule has 0 saturated carbocycles. The lowest BCUT2D eigenvalue weighted by atomic mass is 10.2. The van der Waals surface area contributed by atoms with Crippen LogP contribution in [0, 0.1) is 11.3 Å². The van der Waals surface area contributed by atoms with Gasteiger partial charge >= 0.3 is 0 Å². The van der Waals surface area contributed by atoms with Crippen molar-refractivity contribution in [3.63, 3.8) is 0 Å². The van der Waals surface area contributed by atoms with Gasteiger partial charge in [-0.05, 0) is 30.3 Å². The number of nitrogens with zero attached hydrogens (tertiary/aromatic N) is 1. The number of fused-ring (bicyclic) bond motifs is 1. The number of aromatic nitrogens is 1. The van der Waals surface area contributed by atoms with Crippen LogP contribution in [0.15, 0.2) is 53.0 Å². The number of benzene rings is 2. The Bertz CT molecular complexity index is 766. The summed E-state index contributed by atoms with van der Waals surface area (Å²) in [6, 6.07) is 17.8. The van der Waals surface area contributed by atoms with E-state index in [0.29, 0.717) is 5.56 Å². The fourth-order valence-electron chi connectivity index (χ4n) is 2.03. The Hall–Kier alpha value is -2.25. The maximum atomic E-state index is 9.31. The summed E-state index contributed by atoms with van der Waals surface area (Å²) in [6.07, 6.45) is 0. The van der Waals surface area contributed by atoms with Crippen LogP contribution in [0.5, 0.6) is 0 Å². The Kier molecular flexibility index (Phi) is 2.98. The van der Waals surface area contributed by atoms with E-state index < -0.39 is 0 Å². The molecule has 0 aliphatic rings. The lowest BCUT2D eigenvalue weighted by molar-refractivity contribution is 1.40. The number of nitrogens with one attached hydrogen (secondary N) is 2. The maximum absolute atomic E-state index is 9.31. The van der Waals surface area contributed by atoms with E-state index in [0.717, 1.165) is 26.9 Å². The van der Waals surface area contributed by atoms with Crippen molar-refractivity contribution in [1.29, 1.82) is 5.26 Å². The van der Waals surface area contributed by atoms with Crippen molar-refractivity contribution in [3.05, 3.63) is 58.6 Å². The van der Waals surface area contributed by atoms with E-state index in [1.807, 2.05) is 48.5 Å². The third-order valence-electron chi connectivity index (χ3n) is 2.93. The van der Waals surface area contributed by atoms with Gasteiger partial charge in [0.05, 0.1) is 0 Å². The van der Waals surface area contributed by atoms with E-state index >= 15 is 0 Å². The molecule has 1 aromatic heterocycles. The zero-order chi connectivity index (χ0) is 13.2. The Morgan fingerprint density at radius 1 is 1.05 bits per heavy atom. The molecule has 0 spiro atoms. The van der Waals surface area contributed by atoms with Gasteiger partial charge in [0.15, 0.2) is 0 Å². The molecule has 92 valence electrons. The fraction of sp³-hybridized carbons (Fsp3) is 0. The third-order valence-corrected chi connectivity index (χ3v) is 3.46. The minimum atomic E-state index is 0.638. The standard InChI is InChI=1S/C15H10BrN3/c16-10-5-7-11(8-6-10)18-15-13(9-17)12-3-1-2-4-14(12)19-15/h1-8,18-19H. The van der Waals surface area contributed by atoms with Gasteiger partial charge < -0.3 is 10.3 Å². The minimum Gasteiger partial charge on any atom is -0.341 e. The average Bonchev–Trinajstić information content (AvgIpc) is 2.78. The van der Waals surface area contributed by atoms with Crippen molar-refractivity contribution in [2.75, 3.05) is 5.32 Å². The molecule has 0 fully saturated rings. The highest BCUT2D eigenvalue weighted by Crippen LogP contribution is 2.28. The van der Waals surface area contributed by atoms with Gasteiger partial charge in [0.1, 0.15) is 17.5 Å². The molecule has 3 aromatic rings. The van der Waals surface area contributed by atoms with Crippen molar-refractivity contribution >= 4 is 38.3 Å². The Balaban J connectivity index is 2.05. The number of rotatable bonds is 2. The molecule has 0 unspecified atom stereocenters. The highest BCUT2D eigenvalue weighted by molar-refractivity contribution is 9.10. The first kappa shape index (κ1) is 11.8. The average molecular weight is 312 g/mol. The summed E-state index contributed by atoms with van der Waals surface area (Å²) in [5.74, 6) is 0.728. The predicted molar refractivity (Wildman–Crippen MR) is 80.4 cm³/mol. The van der Waals surface area contributed by atoms with Gasteiger partial charge in [0.25, 0.3) is 0 Å². The highest BCUT2D eigenvalue weighted by atomic mass is 79.9. The van der Waals surface area contributed by atoms with Crippen LogP contribution in [0.3, 0.4) is 0 Å². The largest absolute Gasteiger partial charge is 0.341 e. The number of aromatic amines is 1. The Morgan fingerprint density at radius 2 is 1.79 bits per heavy atom. The zero-order valence-electron chi connectivity index (χ0n) is 9.94. The van der Waals surface area contributed by atoms with Gasteiger partial charge in [-0.1, -0.05) is 34.1 Å². The van der Waals surface area contributed by atoms with Gasteiger partial charge in [-0.2, -0.15) is 5.26 Å². The summed E-state index contributed by atoms with van der Waals surface area (Å²) in [5, 5.41) is 13.5. The molecule has 0 radical (unpaired) electrons. The van der Waals surface area contributed by atoms with Crippen LogP contribution < -0.4 is 5.32 Å². The molecule has 0 saturated heterocycles. The van der Waals surface area contributed by atoms with Crippen LogP contribution in [0.2, 0.25) is 0 Å². The molecular weight excluding hydrogens is 302 g/mol. The van der Waals surface area contributed by atoms with Crippen molar-refractivity contribution in [2.24, 2.45) is 0 Å². The second-order valence-corrected chi connectivity index (χ2v) is 5.08. The summed E-state index contributed by atoms with van der Waals surface area (Å²) in [5.41, 5.74) is 2.53. The number of halogens is 1. The molecule has 0 bridgehead atoms. The molecule has 3 rings (SSSR count). The van der Waals surface area contributed by atoms with E-state index in [1.54, 1.807) is 0 Å². The van der Waals surface area contributed by atoms with Gasteiger partial charge in [-0.25, -0.2) is 0 Å². The summed E-state index contributed by atoms with van der Waals surface area (Å²) >= 11 is 3.40. The van der Waals surface area contributed by atoms with Gasteiger partial charge in [-0.3, -0.25) is 0 Å². The number of para-hydroxylation sites is 1. The topological polar surface area (TPSA) is 51.6 Å². The van der Waals surface area contributed by atoms with Crippen molar-refractivity contribution in [3.8, 4) is 6.07 Å². The number of anilines is 2. The minimum absolute atomic E-state index is 0.638. The third kappa shape index (κ3) is 2.20. The predicted octanol–water partition coefficient (Wildman–Crippen LogP) is 4.55. The first-order valence-electron chi connectivity index (χ1n) is 5.81. The van der Waals surface area contributed by atoms with Crippen LogP contribution in [0.1, 0.15) is 5.56 Å². The van der Waals surface area contributed by atoms with E-state index in [1.165, 1.54) is 0 Å². The van der Waals surface area contributed by atoms with Gasteiger partial charge in [0, 0.05) is 21.1 Å². The molecule has 4 heteroatoms. The van der Waals surface area contributed by atoms with E-state index in [-0.39, 0.29) is 0 Å². The second-order valence-electron chi connectivity index (χ2n) is 4.16. The zero-order valence-corrected chi connectivity index (χ0v) is 11.5. The van der Waals surface area contributed by atoms with Crippen LogP contribution in [-0.2, 0) is 0 Å². The van der Waals surface area contributed by atoms with Crippen LogP contribution in [-0.4, -0.2) is 4.98 Å². The van der Waals surface area contributed by atoms with E-state index in [4.69, 9.17) is 0 Å². The molecule has 19 heavy (non-hydrogen) atoms. The molecular formula is C15H10BrN3. The maximum Gasteiger partial charge on any atom is 0.127 e. The van der Waals surface area contributed by atoms with E-state index in [9.17, 15) is 5.26 Å². The molecule has 0 aliphatic heterocycles. The lowest BCUT2D eigenvalue weighted by Crippen LogP contribution is -1.92. The molecule has 2 aromatic carbocycles. The van der Waals surface area contributed by atoms with Crippen molar-refractivity contribution in [1.82, 2.24) is 4.98 Å². The summed E-state index contributed by atoms with van der Waals surface area (Å²) in [6.45, 7) is 0. The summed E-state index contributed by atoms with van der Waals surface area (Å²) in [4.78, 5) is 3.23. The highest BCUT2D eigenvalue weighted by Gasteiger charge is 2.10. The van der Waals surface area contributed by atoms with Crippen LogP contribution >= 0.6 is 15.9 Å². The van der Waals surface area contributed by atoms with E-state index in [2.05, 4.69) is 32.3 Å². The lowest BCUT2D eigenvalue weighted by Gasteiger charge is -2.04. The monoisotopic (exact) mass is 311 g/mol. The first-order chi connectivity index (χ1) is 9.28. The first-order valence-corrected chi connectivity index (χ1v) is 6.60. The molecule has 1 heterocycles. The summed E-state index contributed by atoms with van der Waals surface area (Å²) < 4.78 is 1.02. The number of H-pyrrole nitrogens is 1. The molecule has 0 amide bonds. The van der Waals surface area contributed by atoms with Gasteiger partial charge in [-0.15, -0.1) is 0 Å². The molecule has 2 N–H and O–H groups in total. The molecule has 0 aliphatic carbocycles. The Morgan fingerprint density at radius 3 is 2.53 bits per heavy atom. The number of hydrogen-bond donors (Lipinski definition) is 2. The van der Waals surface area contributed by atoms with Crippen LogP contribution in [0.25, 0.3) is 10.9 Å². The smallest absolute Gasteiger partial charge is 0.127 e. The normalized spacial score (nSPS) is 10.3. The summed E-state index contributed by atoms with van der Waals surface area (Å²) in [7, 11) is 0. The SMILES string of the molecule is N#Cc1c(Nc2ccc(Br)cc2)[nH]c2ccccc12. The number of nitriles is 1. The van der Waals surface area contributed by atoms with Crippen molar-refractivity contribution < 1.29 is 0 Å². The fourth-order valence-corrected chi connectivity index (χ4v) is 2.29. The van der Waals surface area contributed by atoms with Gasteiger partial charge in [0.2, 0.25) is 0 Å². The Labute approximate surface area is 119 Å². The van der Waals surface area contributed by atoms with Crippen LogP contribution in [0.4, 0.5) is 11.5 Å². The second kappa shape index (κ2) is 4.79. The van der Waals surface area contributed by atoms with Crippen molar-refractivity contribution in [2.45, 2.75) is 0 Å². The number of hydrogen-bond acceptors (Lipinski definition) is 2. The molecule has 3 nitrogen and oxygen atoms in total.